The summed E-state index contributed by atoms with van der Waals surface area (Å²) in [5.41, 5.74) is 8.78. The minimum absolute atomic E-state index is 0. The summed E-state index contributed by atoms with van der Waals surface area (Å²) in [6, 6.07) is 13.4. The highest BCUT2D eigenvalue weighted by atomic mass is 79.9. The molecule has 4 heteroatoms. The maximum atomic E-state index is 8.98. The standard InChI is InChI=1S/C13H11N3.BrH/c14-7-10-5-6-13(16-9-10)12-4-2-1-3-11(12)8-15;/h1-6,9H,7,14H2;1H. The number of hydrogen-bond acceptors (Lipinski definition) is 3. The van der Waals surface area contributed by atoms with Gasteiger partial charge in [-0.15, -0.1) is 17.0 Å². The second-order valence-electron chi connectivity index (χ2n) is 3.41. The first-order valence-electron chi connectivity index (χ1n) is 4.99. The Bertz CT molecular complexity index is 529. The molecule has 17 heavy (non-hydrogen) atoms. The minimum Gasteiger partial charge on any atom is -0.326 e. The summed E-state index contributed by atoms with van der Waals surface area (Å²) < 4.78 is 0. The van der Waals surface area contributed by atoms with E-state index in [9.17, 15) is 0 Å². The van der Waals surface area contributed by atoms with Gasteiger partial charge in [-0.05, 0) is 17.7 Å². The first-order chi connectivity index (χ1) is 7.85. The molecule has 0 fully saturated rings. The first-order valence-corrected chi connectivity index (χ1v) is 4.99. The molecule has 0 spiro atoms. The summed E-state index contributed by atoms with van der Waals surface area (Å²) in [6.45, 7) is 0.479. The number of pyridine rings is 1. The quantitative estimate of drug-likeness (QED) is 0.924. The Morgan fingerprint density at radius 1 is 1.18 bits per heavy atom. The highest BCUT2D eigenvalue weighted by Crippen LogP contribution is 2.20. The molecule has 0 aliphatic heterocycles. The van der Waals surface area contributed by atoms with Crippen LogP contribution in [0.2, 0.25) is 0 Å². The fourth-order valence-electron chi connectivity index (χ4n) is 1.51. The lowest BCUT2D eigenvalue weighted by Gasteiger charge is -2.03. The van der Waals surface area contributed by atoms with E-state index >= 15 is 0 Å². The molecular formula is C13H12BrN3. The largest absolute Gasteiger partial charge is 0.326 e. The minimum atomic E-state index is 0. The van der Waals surface area contributed by atoms with Gasteiger partial charge in [-0.1, -0.05) is 24.3 Å². The smallest absolute Gasteiger partial charge is 0.0998 e. The summed E-state index contributed by atoms with van der Waals surface area (Å²) >= 11 is 0. The van der Waals surface area contributed by atoms with Crippen molar-refractivity contribution < 1.29 is 0 Å². The molecule has 1 aromatic carbocycles. The van der Waals surface area contributed by atoms with E-state index in [0.29, 0.717) is 12.1 Å². The zero-order valence-corrected chi connectivity index (χ0v) is 10.8. The highest BCUT2D eigenvalue weighted by Gasteiger charge is 2.04. The van der Waals surface area contributed by atoms with Crippen LogP contribution in [0.4, 0.5) is 0 Å². The average molecular weight is 290 g/mol. The van der Waals surface area contributed by atoms with Crippen LogP contribution in [0.5, 0.6) is 0 Å². The van der Waals surface area contributed by atoms with Crippen LogP contribution in [0.15, 0.2) is 42.6 Å². The number of rotatable bonds is 2. The topological polar surface area (TPSA) is 62.7 Å². The predicted octanol–water partition coefficient (Wildman–Crippen LogP) is 2.66. The van der Waals surface area contributed by atoms with Crippen molar-refractivity contribution in [2.24, 2.45) is 5.73 Å². The van der Waals surface area contributed by atoms with Crippen molar-refractivity contribution in [3.63, 3.8) is 0 Å². The molecule has 3 nitrogen and oxygen atoms in total. The first kappa shape index (κ1) is 13.4. The molecule has 0 atom stereocenters. The molecule has 0 aliphatic rings. The molecule has 0 radical (unpaired) electrons. The van der Waals surface area contributed by atoms with Crippen LogP contribution >= 0.6 is 17.0 Å². The maximum Gasteiger partial charge on any atom is 0.0998 e. The van der Waals surface area contributed by atoms with E-state index in [1.165, 1.54) is 0 Å². The Kier molecular flexibility index (Phi) is 4.83. The number of nitrogens with zero attached hydrogens (tertiary/aromatic N) is 2. The molecule has 0 amide bonds. The van der Waals surface area contributed by atoms with Crippen LogP contribution in [0.25, 0.3) is 11.3 Å². The molecular weight excluding hydrogens is 278 g/mol. The number of hydrogen-bond donors (Lipinski definition) is 1. The molecule has 2 aromatic rings. The third kappa shape index (κ3) is 2.90. The monoisotopic (exact) mass is 289 g/mol. The number of halogens is 1. The number of nitrogens with two attached hydrogens (primary N) is 1. The third-order valence-electron chi connectivity index (χ3n) is 2.38. The van der Waals surface area contributed by atoms with Crippen molar-refractivity contribution >= 4 is 17.0 Å². The summed E-state index contributed by atoms with van der Waals surface area (Å²) in [7, 11) is 0. The van der Waals surface area contributed by atoms with Crippen LogP contribution in [-0.2, 0) is 6.54 Å². The second kappa shape index (κ2) is 6.14. The van der Waals surface area contributed by atoms with Gasteiger partial charge in [0.05, 0.1) is 17.3 Å². The third-order valence-corrected chi connectivity index (χ3v) is 2.38. The van der Waals surface area contributed by atoms with Crippen molar-refractivity contribution in [1.82, 2.24) is 4.98 Å². The molecule has 0 saturated carbocycles. The van der Waals surface area contributed by atoms with E-state index in [1.807, 2.05) is 30.3 Å². The number of aromatic nitrogens is 1. The van der Waals surface area contributed by atoms with Crippen LogP contribution < -0.4 is 5.73 Å². The molecule has 2 N–H and O–H groups in total. The number of nitriles is 1. The summed E-state index contributed by atoms with van der Waals surface area (Å²) in [6.07, 6.45) is 1.74. The van der Waals surface area contributed by atoms with Gasteiger partial charge in [0.1, 0.15) is 0 Å². The molecule has 1 aromatic heterocycles. The predicted molar refractivity (Wildman–Crippen MR) is 72.6 cm³/mol. The van der Waals surface area contributed by atoms with Gasteiger partial charge in [0.15, 0.2) is 0 Å². The van der Waals surface area contributed by atoms with Crippen LogP contribution in [0, 0.1) is 11.3 Å². The van der Waals surface area contributed by atoms with E-state index in [-0.39, 0.29) is 17.0 Å². The van der Waals surface area contributed by atoms with Gasteiger partial charge in [0.25, 0.3) is 0 Å². The molecule has 0 unspecified atom stereocenters. The maximum absolute atomic E-state index is 8.98. The van der Waals surface area contributed by atoms with E-state index in [0.717, 1.165) is 16.8 Å². The van der Waals surface area contributed by atoms with Gasteiger partial charge in [-0.25, -0.2) is 0 Å². The molecule has 0 bridgehead atoms. The van der Waals surface area contributed by atoms with E-state index in [2.05, 4.69) is 11.1 Å². The van der Waals surface area contributed by atoms with Crippen LogP contribution in [0.1, 0.15) is 11.1 Å². The molecule has 0 aliphatic carbocycles. The second-order valence-corrected chi connectivity index (χ2v) is 3.41. The Hall–Kier alpha value is -1.70. The van der Waals surface area contributed by atoms with E-state index < -0.39 is 0 Å². The van der Waals surface area contributed by atoms with Crippen LogP contribution in [-0.4, -0.2) is 4.98 Å². The lowest BCUT2D eigenvalue weighted by Crippen LogP contribution is -1.97. The highest BCUT2D eigenvalue weighted by molar-refractivity contribution is 8.93. The summed E-state index contributed by atoms with van der Waals surface area (Å²) in [5.74, 6) is 0. The average Bonchev–Trinajstić information content (AvgIpc) is 2.39. The van der Waals surface area contributed by atoms with Crippen molar-refractivity contribution in [3.8, 4) is 17.3 Å². The zero-order chi connectivity index (χ0) is 11.4. The molecule has 0 saturated heterocycles. The van der Waals surface area contributed by atoms with Crippen molar-refractivity contribution in [3.05, 3.63) is 53.7 Å². The van der Waals surface area contributed by atoms with Gasteiger partial charge in [0.2, 0.25) is 0 Å². The Balaban J connectivity index is 0.00000144. The van der Waals surface area contributed by atoms with Gasteiger partial charge in [-0.2, -0.15) is 5.26 Å². The molecule has 86 valence electrons. The Morgan fingerprint density at radius 3 is 2.53 bits per heavy atom. The lowest BCUT2D eigenvalue weighted by molar-refractivity contribution is 1.05. The van der Waals surface area contributed by atoms with Gasteiger partial charge >= 0.3 is 0 Å². The lowest BCUT2D eigenvalue weighted by atomic mass is 10.0. The Morgan fingerprint density at radius 2 is 1.94 bits per heavy atom. The Labute approximate surface area is 111 Å². The van der Waals surface area contributed by atoms with Crippen LogP contribution in [0.3, 0.4) is 0 Å². The molecule has 1 heterocycles. The SMILES string of the molecule is Br.N#Cc1ccccc1-c1ccc(CN)cn1. The summed E-state index contributed by atoms with van der Waals surface area (Å²) in [5, 5.41) is 8.98. The normalized spacial score (nSPS) is 9.18. The fourth-order valence-corrected chi connectivity index (χ4v) is 1.51. The van der Waals surface area contributed by atoms with Crippen molar-refractivity contribution in [2.75, 3.05) is 0 Å². The zero-order valence-electron chi connectivity index (χ0n) is 9.13. The van der Waals surface area contributed by atoms with E-state index in [1.54, 1.807) is 12.3 Å². The fraction of sp³-hybridized carbons (Fsp3) is 0.0769. The number of benzene rings is 1. The van der Waals surface area contributed by atoms with Crippen molar-refractivity contribution in [1.29, 1.82) is 5.26 Å². The van der Waals surface area contributed by atoms with Gasteiger partial charge < -0.3 is 5.73 Å². The van der Waals surface area contributed by atoms with Gasteiger partial charge in [-0.3, -0.25) is 4.98 Å². The van der Waals surface area contributed by atoms with Gasteiger partial charge in [0, 0.05) is 18.3 Å². The van der Waals surface area contributed by atoms with Crippen molar-refractivity contribution in [2.45, 2.75) is 6.54 Å². The molecule has 2 rings (SSSR count). The summed E-state index contributed by atoms with van der Waals surface area (Å²) in [4.78, 5) is 4.30. The van der Waals surface area contributed by atoms with E-state index in [4.69, 9.17) is 11.0 Å².